The Labute approximate surface area is 111 Å². The van der Waals surface area contributed by atoms with Crippen molar-refractivity contribution in [1.29, 1.82) is 0 Å². The minimum Gasteiger partial charge on any atom is -0.384 e. The van der Waals surface area contributed by atoms with E-state index < -0.39 is 5.60 Å². The predicted molar refractivity (Wildman–Crippen MR) is 72.2 cm³/mol. The standard InChI is InChI=1S/C11H12Br2OS/c1-7-5-15-6-11(7,14)8-2-9(12)4-10(13)3-8/h2-4,7,14H,5-6H2,1H3. The molecule has 0 radical (unpaired) electrons. The third-order valence-electron chi connectivity index (χ3n) is 2.87. The molecule has 82 valence electrons. The Morgan fingerprint density at radius 1 is 1.33 bits per heavy atom. The number of benzene rings is 1. The normalized spacial score (nSPS) is 30.8. The van der Waals surface area contributed by atoms with E-state index in [1.54, 1.807) is 0 Å². The summed E-state index contributed by atoms with van der Waals surface area (Å²) in [7, 11) is 0. The van der Waals surface area contributed by atoms with Crippen molar-refractivity contribution < 1.29 is 5.11 Å². The van der Waals surface area contributed by atoms with Gasteiger partial charge in [0.05, 0.1) is 0 Å². The summed E-state index contributed by atoms with van der Waals surface area (Å²) in [6.45, 7) is 2.11. The fraction of sp³-hybridized carbons (Fsp3) is 0.455. The minimum absolute atomic E-state index is 0.309. The molecule has 1 nitrogen and oxygen atoms in total. The number of aliphatic hydroxyl groups is 1. The van der Waals surface area contributed by atoms with Crippen LogP contribution in [0.25, 0.3) is 0 Å². The maximum atomic E-state index is 10.6. The number of halogens is 2. The van der Waals surface area contributed by atoms with Gasteiger partial charge in [0.15, 0.2) is 0 Å². The van der Waals surface area contributed by atoms with Gasteiger partial charge in [-0.2, -0.15) is 11.8 Å². The van der Waals surface area contributed by atoms with E-state index in [4.69, 9.17) is 0 Å². The van der Waals surface area contributed by atoms with Crippen LogP contribution in [-0.4, -0.2) is 16.6 Å². The van der Waals surface area contributed by atoms with E-state index in [-0.39, 0.29) is 0 Å². The minimum atomic E-state index is -0.670. The number of thioether (sulfide) groups is 1. The van der Waals surface area contributed by atoms with E-state index in [0.717, 1.165) is 26.0 Å². The highest BCUT2D eigenvalue weighted by Crippen LogP contribution is 2.42. The Hall–Kier alpha value is 0.490. The van der Waals surface area contributed by atoms with Crippen molar-refractivity contribution in [2.45, 2.75) is 12.5 Å². The topological polar surface area (TPSA) is 20.2 Å². The van der Waals surface area contributed by atoms with E-state index >= 15 is 0 Å². The SMILES string of the molecule is CC1CSCC1(O)c1cc(Br)cc(Br)c1. The van der Waals surface area contributed by atoms with Gasteiger partial charge in [0, 0.05) is 14.7 Å². The first-order valence-corrected chi connectivity index (χ1v) is 7.53. The first-order chi connectivity index (χ1) is 7.02. The number of rotatable bonds is 1. The zero-order valence-electron chi connectivity index (χ0n) is 8.34. The Morgan fingerprint density at radius 2 is 1.93 bits per heavy atom. The maximum Gasteiger partial charge on any atom is 0.102 e. The van der Waals surface area contributed by atoms with Gasteiger partial charge >= 0.3 is 0 Å². The summed E-state index contributed by atoms with van der Waals surface area (Å²) in [5.74, 6) is 2.13. The highest BCUT2D eigenvalue weighted by atomic mass is 79.9. The lowest BCUT2D eigenvalue weighted by atomic mass is 9.85. The van der Waals surface area contributed by atoms with Crippen LogP contribution in [0.15, 0.2) is 27.1 Å². The van der Waals surface area contributed by atoms with Crippen molar-refractivity contribution in [1.82, 2.24) is 0 Å². The lowest BCUT2D eigenvalue weighted by Gasteiger charge is -2.27. The molecule has 0 saturated carbocycles. The molecular formula is C11H12Br2OS. The first kappa shape index (κ1) is 12.0. The highest BCUT2D eigenvalue weighted by molar-refractivity contribution is 9.11. The molecule has 0 aliphatic carbocycles. The molecule has 1 aliphatic heterocycles. The monoisotopic (exact) mass is 350 g/mol. The Morgan fingerprint density at radius 3 is 2.40 bits per heavy atom. The second kappa shape index (κ2) is 4.40. The fourth-order valence-corrected chi connectivity index (χ4v) is 4.65. The molecule has 0 bridgehead atoms. The summed E-state index contributed by atoms with van der Waals surface area (Å²) in [6.07, 6.45) is 0. The molecule has 1 aromatic carbocycles. The average Bonchev–Trinajstić information content (AvgIpc) is 2.47. The van der Waals surface area contributed by atoms with E-state index in [1.165, 1.54) is 0 Å². The van der Waals surface area contributed by atoms with Gasteiger partial charge in [0.25, 0.3) is 0 Å². The molecule has 4 heteroatoms. The Balaban J connectivity index is 2.44. The van der Waals surface area contributed by atoms with E-state index in [9.17, 15) is 5.11 Å². The molecule has 15 heavy (non-hydrogen) atoms. The maximum absolute atomic E-state index is 10.6. The van der Waals surface area contributed by atoms with Gasteiger partial charge in [0.1, 0.15) is 5.60 Å². The summed E-state index contributed by atoms with van der Waals surface area (Å²) >= 11 is 8.73. The Kier molecular flexibility index (Phi) is 3.51. The second-order valence-electron chi connectivity index (χ2n) is 4.00. The van der Waals surface area contributed by atoms with Crippen molar-refractivity contribution in [2.24, 2.45) is 5.92 Å². The highest BCUT2D eigenvalue weighted by Gasteiger charge is 2.40. The largest absolute Gasteiger partial charge is 0.384 e. The van der Waals surface area contributed by atoms with Crippen LogP contribution in [0.5, 0.6) is 0 Å². The third-order valence-corrected chi connectivity index (χ3v) is 5.16. The smallest absolute Gasteiger partial charge is 0.102 e. The molecule has 0 amide bonds. The molecule has 2 unspecified atom stereocenters. The summed E-state index contributed by atoms with van der Waals surface area (Å²) in [4.78, 5) is 0. The van der Waals surface area contributed by atoms with E-state index in [1.807, 2.05) is 30.0 Å². The van der Waals surface area contributed by atoms with Crippen molar-refractivity contribution in [3.63, 3.8) is 0 Å². The van der Waals surface area contributed by atoms with E-state index in [2.05, 4.69) is 38.8 Å². The molecule has 0 aromatic heterocycles. The average molecular weight is 352 g/mol. The van der Waals surface area contributed by atoms with Crippen LogP contribution in [-0.2, 0) is 5.60 Å². The molecule has 0 spiro atoms. The van der Waals surface area contributed by atoms with Crippen LogP contribution in [0.1, 0.15) is 12.5 Å². The van der Waals surface area contributed by atoms with Gasteiger partial charge in [0.2, 0.25) is 0 Å². The lowest BCUT2D eigenvalue weighted by molar-refractivity contribution is 0.0233. The molecule has 1 heterocycles. The number of hydrogen-bond donors (Lipinski definition) is 1. The van der Waals surface area contributed by atoms with Crippen molar-refractivity contribution in [3.8, 4) is 0 Å². The lowest BCUT2D eigenvalue weighted by Crippen LogP contribution is -2.32. The number of hydrogen-bond acceptors (Lipinski definition) is 2. The summed E-state index contributed by atoms with van der Waals surface area (Å²) in [5.41, 5.74) is 0.331. The van der Waals surface area contributed by atoms with Gasteiger partial charge in [-0.15, -0.1) is 0 Å². The van der Waals surface area contributed by atoms with Crippen molar-refractivity contribution >= 4 is 43.6 Å². The van der Waals surface area contributed by atoms with Crippen LogP contribution >= 0.6 is 43.6 Å². The van der Waals surface area contributed by atoms with E-state index in [0.29, 0.717) is 5.92 Å². The molecule has 1 saturated heterocycles. The molecule has 2 rings (SSSR count). The molecule has 1 N–H and O–H groups in total. The second-order valence-corrected chi connectivity index (χ2v) is 6.86. The summed E-state index contributed by atoms with van der Waals surface area (Å²) in [5, 5.41) is 10.6. The van der Waals surface area contributed by atoms with Crippen LogP contribution in [0.2, 0.25) is 0 Å². The quantitative estimate of drug-likeness (QED) is 0.830. The molecule has 1 aromatic rings. The van der Waals surface area contributed by atoms with Gasteiger partial charge in [-0.25, -0.2) is 0 Å². The molecule has 1 fully saturated rings. The Bertz CT molecular complexity index is 363. The third kappa shape index (κ3) is 2.28. The zero-order chi connectivity index (χ0) is 11.1. The van der Waals surface area contributed by atoms with Crippen LogP contribution in [0.3, 0.4) is 0 Å². The van der Waals surface area contributed by atoms with Crippen molar-refractivity contribution in [3.05, 3.63) is 32.7 Å². The zero-order valence-corrected chi connectivity index (χ0v) is 12.3. The molecular weight excluding hydrogens is 340 g/mol. The first-order valence-electron chi connectivity index (χ1n) is 4.79. The van der Waals surface area contributed by atoms with Gasteiger partial charge < -0.3 is 5.11 Å². The predicted octanol–water partition coefficient (Wildman–Crippen LogP) is 3.78. The molecule has 2 atom stereocenters. The summed E-state index contributed by atoms with van der Waals surface area (Å²) in [6, 6.07) is 6.00. The van der Waals surface area contributed by atoms with Gasteiger partial charge in [-0.1, -0.05) is 38.8 Å². The fourth-order valence-electron chi connectivity index (χ4n) is 1.84. The summed E-state index contributed by atoms with van der Waals surface area (Å²) < 4.78 is 2.01. The van der Waals surface area contributed by atoms with Gasteiger partial charge in [-0.3, -0.25) is 0 Å². The molecule has 1 aliphatic rings. The van der Waals surface area contributed by atoms with Crippen molar-refractivity contribution in [2.75, 3.05) is 11.5 Å². The van der Waals surface area contributed by atoms with Crippen LogP contribution in [0, 0.1) is 5.92 Å². The van der Waals surface area contributed by atoms with Gasteiger partial charge in [-0.05, 0) is 35.4 Å². The van der Waals surface area contributed by atoms with Crippen LogP contribution < -0.4 is 0 Å². The van der Waals surface area contributed by atoms with Crippen LogP contribution in [0.4, 0.5) is 0 Å².